The first-order valence-corrected chi connectivity index (χ1v) is 7.36. The van der Waals surface area contributed by atoms with E-state index in [1.807, 2.05) is 0 Å². The summed E-state index contributed by atoms with van der Waals surface area (Å²) in [7, 11) is 3.59. The number of furan rings is 1. The van der Waals surface area contributed by atoms with E-state index in [0.29, 0.717) is 12.5 Å². The summed E-state index contributed by atoms with van der Waals surface area (Å²) in [6, 6.07) is 12.0. The number of hydrogen-bond acceptors (Lipinski definition) is 4. The minimum absolute atomic E-state index is 0.212. The minimum Gasteiger partial charge on any atom is -0.468 e. The predicted octanol–water partition coefficient (Wildman–Crippen LogP) is 2.07. The van der Waals surface area contributed by atoms with E-state index in [2.05, 4.69) is 41.5 Å². The third-order valence-corrected chi connectivity index (χ3v) is 4.12. The third kappa shape index (κ3) is 2.99. The van der Waals surface area contributed by atoms with Crippen LogP contribution in [-0.2, 0) is 13.0 Å². The molecule has 1 aliphatic rings. The van der Waals surface area contributed by atoms with Crippen molar-refractivity contribution in [1.82, 2.24) is 10.2 Å². The first kappa shape index (κ1) is 14.7. The lowest BCUT2D eigenvalue weighted by Crippen LogP contribution is -2.45. The zero-order valence-corrected chi connectivity index (χ0v) is 12.8. The number of carbonyl (C=O) groups excluding carboxylic acids is 1. The van der Waals surface area contributed by atoms with Gasteiger partial charge in [-0.15, -0.1) is 0 Å². The van der Waals surface area contributed by atoms with Gasteiger partial charge in [0.25, 0.3) is 11.9 Å². The van der Waals surface area contributed by atoms with Gasteiger partial charge in [0.05, 0.1) is 7.11 Å². The van der Waals surface area contributed by atoms with Crippen molar-refractivity contribution >= 4 is 5.91 Å². The molecule has 1 N–H and O–H groups in total. The van der Waals surface area contributed by atoms with Crippen LogP contribution in [0.4, 0.5) is 0 Å². The molecule has 2 aromatic rings. The highest BCUT2D eigenvalue weighted by Gasteiger charge is 2.23. The van der Waals surface area contributed by atoms with Gasteiger partial charge in [-0.2, -0.15) is 0 Å². The molecule has 0 unspecified atom stereocenters. The Morgan fingerprint density at radius 2 is 2.09 bits per heavy atom. The number of carbonyl (C=O) groups is 1. The number of rotatable bonds is 4. The molecule has 0 spiro atoms. The van der Waals surface area contributed by atoms with Gasteiger partial charge < -0.3 is 14.5 Å². The summed E-state index contributed by atoms with van der Waals surface area (Å²) >= 11 is 0. The molecule has 116 valence electrons. The van der Waals surface area contributed by atoms with Gasteiger partial charge in [0.1, 0.15) is 0 Å². The standard InChI is InChI=1S/C17H20N2O3/c1-19-11-13-6-4-3-5-12(13)9-14(19)10-18-17(20)15-7-8-16(21-2)22-15/h3-8,14H,9-11H2,1-2H3,(H,18,20)/t14-/m0/s1. The van der Waals surface area contributed by atoms with Crippen molar-refractivity contribution in [3.05, 3.63) is 53.3 Å². The van der Waals surface area contributed by atoms with Gasteiger partial charge in [-0.3, -0.25) is 9.69 Å². The summed E-state index contributed by atoms with van der Waals surface area (Å²) in [4.78, 5) is 14.4. The van der Waals surface area contributed by atoms with Gasteiger partial charge in [0, 0.05) is 25.2 Å². The number of amides is 1. The van der Waals surface area contributed by atoms with Crippen LogP contribution >= 0.6 is 0 Å². The lowest BCUT2D eigenvalue weighted by Gasteiger charge is -2.34. The summed E-state index contributed by atoms with van der Waals surface area (Å²) in [5, 5.41) is 2.94. The molecule has 1 aromatic carbocycles. The number of ether oxygens (including phenoxy) is 1. The Morgan fingerprint density at radius 3 is 2.82 bits per heavy atom. The Kier molecular flexibility index (Phi) is 4.15. The topological polar surface area (TPSA) is 54.7 Å². The maximum Gasteiger partial charge on any atom is 0.287 e. The fourth-order valence-electron chi connectivity index (χ4n) is 2.80. The van der Waals surface area contributed by atoms with E-state index in [0.717, 1.165) is 13.0 Å². The molecule has 1 aromatic heterocycles. The summed E-state index contributed by atoms with van der Waals surface area (Å²) in [5.41, 5.74) is 2.72. The second kappa shape index (κ2) is 6.23. The monoisotopic (exact) mass is 300 g/mol. The smallest absolute Gasteiger partial charge is 0.287 e. The van der Waals surface area contributed by atoms with Crippen LogP contribution in [0.1, 0.15) is 21.7 Å². The van der Waals surface area contributed by atoms with E-state index >= 15 is 0 Å². The van der Waals surface area contributed by atoms with Gasteiger partial charge in [-0.05, 0) is 30.7 Å². The lowest BCUT2D eigenvalue weighted by atomic mass is 9.94. The van der Waals surface area contributed by atoms with Crippen molar-refractivity contribution in [1.29, 1.82) is 0 Å². The quantitative estimate of drug-likeness (QED) is 0.939. The largest absolute Gasteiger partial charge is 0.468 e. The van der Waals surface area contributed by atoms with Gasteiger partial charge in [-0.1, -0.05) is 24.3 Å². The van der Waals surface area contributed by atoms with Crippen molar-refractivity contribution in [2.75, 3.05) is 20.7 Å². The molecule has 0 saturated carbocycles. The van der Waals surface area contributed by atoms with E-state index in [1.165, 1.54) is 18.2 Å². The zero-order chi connectivity index (χ0) is 15.5. The van der Waals surface area contributed by atoms with Crippen LogP contribution in [0.2, 0.25) is 0 Å². The van der Waals surface area contributed by atoms with Crippen molar-refractivity contribution in [2.24, 2.45) is 0 Å². The second-order valence-electron chi connectivity index (χ2n) is 5.57. The fourth-order valence-corrected chi connectivity index (χ4v) is 2.80. The zero-order valence-electron chi connectivity index (χ0n) is 12.8. The highest BCUT2D eigenvalue weighted by Crippen LogP contribution is 2.21. The van der Waals surface area contributed by atoms with Gasteiger partial charge >= 0.3 is 0 Å². The average molecular weight is 300 g/mol. The maximum atomic E-state index is 12.1. The molecule has 0 bridgehead atoms. The van der Waals surface area contributed by atoms with Crippen LogP contribution in [0.5, 0.6) is 5.95 Å². The molecular formula is C17H20N2O3. The molecule has 0 aliphatic carbocycles. The maximum absolute atomic E-state index is 12.1. The molecule has 5 heteroatoms. The number of methoxy groups -OCH3 is 1. The molecule has 0 radical (unpaired) electrons. The molecule has 1 aliphatic heterocycles. The Morgan fingerprint density at radius 1 is 1.32 bits per heavy atom. The van der Waals surface area contributed by atoms with E-state index in [4.69, 9.17) is 9.15 Å². The number of hydrogen-bond donors (Lipinski definition) is 1. The predicted molar refractivity (Wildman–Crippen MR) is 83.0 cm³/mol. The number of nitrogens with one attached hydrogen (secondary N) is 1. The fraction of sp³-hybridized carbons (Fsp3) is 0.353. The minimum atomic E-state index is -0.212. The summed E-state index contributed by atoms with van der Waals surface area (Å²) in [6.07, 6.45) is 0.939. The highest BCUT2D eigenvalue weighted by atomic mass is 16.6. The van der Waals surface area contributed by atoms with Crippen molar-refractivity contribution in [3.8, 4) is 5.95 Å². The van der Waals surface area contributed by atoms with Crippen molar-refractivity contribution in [3.63, 3.8) is 0 Å². The van der Waals surface area contributed by atoms with Crippen molar-refractivity contribution < 1.29 is 13.9 Å². The molecule has 2 heterocycles. The van der Waals surface area contributed by atoms with Crippen molar-refractivity contribution in [2.45, 2.75) is 19.0 Å². The number of benzene rings is 1. The molecule has 5 nitrogen and oxygen atoms in total. The van der Waals surface area contributed by atoms with Crippen LogP contribution in [0.15, 0.2) is 40.8 Å². The summed E-state index contributed by atoms with van der Waals surface area (Å²) in [6.45, 7) is 1.50. The molecule has 1 amide bonds. The number of likely N-dealkylation sites (N-methyl/N-ethyl adjacent to an activating group) is 1. The lowest BCUT2D eigenvalue weighted by molar-refractivity contribution is 0.0900. The Bertz CT molecular complexity index is 665. The average Bonchev–Trinajstić information content (AvgIpc) is 3.01. The first-order valence-electron chi connectivity index (χ1n) is 7.36. The van der Waals surface area contributed by atoms with E-state index in [-0.39, 0.29) is 17.7 Å². The molecule has 22 heavy (non-hydrogen) atoms. The summed E-state index contributed by atoms with van der Waals surface area (Å²) < 4.78 is 10.2. The highest BCUT2D eigenvalue weighted by molar-refractivity contribution is 5.91. The SMILES string of the molecule is COc1ccc(C(=O)NC[C@@H]2Cc3ccccc3CN2C)o1. The van der Waals surface area contributed by atoms with Crippen LogP contribution < -0.4 is 10.1 Å². The Hall–Kier alpha value is -2.27. The van der Waals surface area contributed by atoms with Crippen LogP contribution in [0.3, 0.4) is 0 Å². The number of nitrogens with zero attached hydrogens (tertiary/aromatic N) is 1. The molecule has 3 rings (SSSR count). The van der Waals surface area contributed by atoms with Crippen LogP contribution in [0.25, 0.3) is 0 Å². The van der Waals surface area contributed by atoms with E-state index in [1.54, 1.807) is 12.1 Å². The Labute approximate surface area is 129 Å². The first-order chi connectivity index (χ1) is 10.7. The van der Waals surface area contributed by atoms with Crippen LogP contribution in [-0.4, -0.2) is 37.6 Å². The van der Waals surface area contributed by atoms with Crippen LogP contribution in [0, 0.1) is 0 Å². The number of fused-ring (bicyclic) bond motifs is 1. The molecule has 1 atom stereocenters. The molecular weight excluding hydrogens is 280 g/mol. The normalized spacial score (nSPS) is 17.8. The van der Waals surface area contributed by atoms with E-state index < -0.39 is 0 Å². The Balaban J connectivity index is 1.60. The molecule has 0 saturated heterocycles. The molecule has 0 fully saturated rings. The van der Waals surface area contributed by atoms with Gasteiger partial charge in [0.15, 0.2) is 5.76 Å². The second-order valence-corrected chi connectivity index (χ2v) is 5.57. The third-order valence-electron chi connectivity index (χ3n) is 4.12. The summed E-state index contributed by atoms with van der Waals surface area (Å²) in [5.74, 6) is 0.403. The van der Waals surface area contributed by atoms with E-state index in [9.17, 15) is 4.79 Å². The van der Waals surface area contributed by atoms with Gasteiger partial charge in [0.2, 0.25) is 0 Å². The van der Waals surface area contributed by atoms with Gasteiger partial charge in [-0.25, -0.2) is 0 Å².